The molecular weight excluding hydrogens is 316 g/mol. The second-order valence-corrected chi connectivity index (χ2v) is 5.38. The van der Waals surface area contributed by atoms with Crippen LogP contribution in [-0.2, 0) is 11.3 Å². The minimum Gasteiger partial charge on any atom is -0.445 e. The highest BCUT2D eigenvalue weighted by molar-refractivity contribution is 5.89. The van der Waals surface area contributed by atoms with Crippen LogP contribution in [-0.4, -0.2) is 22.6 Å². The van der Waals surface area contributed by atoms with Crippen molar-refractivity contribution in [3.63, 3.8) is 0 Å². The maximum absolute atomic E-state index is 11.6. The van der Waals surface area contributed by atoms with E-state index in [1.807, 2.05) is 60.7 Å². The molecule has 126 valence electrons. The van der Waals surface area contributed by atoms with Crippen LogP contribution in [0.15, 0.2) is 60.9 Å². The van der Waals surface area contributed by atoms with Gasteiger partial charge in [0.15, 0.2) is 0 Å². The topological polar surface area (TPSA) is 90.1 Å². The van der Waals surface area contributed by atoms with Crippen LogP contribution in [0.4, 0.5) is 10.6 Å². The van der Waals surface area contributed by atoms with Crippen molar-refractivity contribution >= 4 is 28.9 Å². The first-order chi connectivity index (χ1) is 12.2. The summed E-state index contributed by atoms with van der Waals surface area (Å²) in [6.07, 6.45) is 4.72. The Labute approximate surface area is 145 Å². The lowest BCUT2D eigenvalue weighted by atomic mass is 10.1. The Morgan fingerprint density at radius 3 is 2.84 bits per heavy atom. The summed E-state index contributed by atoms with van der Waals surface area (Å²) >= 11 is 0. The van der Waals surface area contributed by atoms with Gasteiger partial charge in [-0.25, -0.2) is 14.8 Å². The zero-order chi connectivity index (χ0) is 17.5. The van der Waals surface area contributed by atoms with E-state index in [9.17, 15) is 4.79 Å². The fourth-order valence-electron chi connectivity index (χ4n) is 2.31. The molecule has 0 aliphatic heterocycles. The smallest absolute Gasteiger partial charge is 0.407 e. The summed E-state index contributed by atoms with van der Waals surface area (Å²) in [4.78, 5) is 19.8. The van der Waals surface area contributed by atoms with Gasteiger partial charge in [-0.1, -0.05) is 48.6 Å². The first kappa shape index (κ1) is 16.4. The van der Waals surface area contributed by atoms with Crippen molar-refractivity contribution in [1.29, 1.82) is 0 Å². The highest BCUT2D eigenvalue weighted by atomic mass is 16.5. The molecule has 0 radical (unpaired) electrons. The summed E-state index contributed by atoms with van der Waals surface area (Å²) in [6, 6.07) is 15.3. The maximum Gasteiger partial charge on any atom is 0.407 e. The molecule has 2 aromatic carbocycles. The molecule has 1 heterocycles. The minimum atomic E-state index is -0.454. The Bertz CT molecular complexity index is 894. The number of amides is 1. The number of nitrogens with one attached hydrogen (secondary N) is 1. The molecule has 6 nitrogen and oxygen atoms in total. The number of rotatable bonds is 5. The van der Waals surface area contributed by atoms with Crippen molar-refractivity contribution in [1.82, 2.24) is 15.3 Å². The predicted molar refractivity (Wildman–Crippen MR) is 97.6 cm³/mol. The Hall–Kier alpha value is -3.41. The second-order valence-electron chi connectivity index (χ2n) is 5.38. The predicted octanol–water partition coefficient (Wildman–Crippen LogP) is 3.15. The third kappa shape index (κ3) is 4.54. The Kier molecular flexibility index (Phi) is 5.21. The maximum atomic E-state index is 11.6. The number of aromatic nitrogens is 2. The van der Waals surface area contributed by atoms with Gasteiger partial charge in [0, 0.05) is 11.9 Å². The Morgan fingerprint density at radius 2 is 2.00 bits per heavy atom. The molecule has 0 aliphatic carbocycles. The number of nitrogens with two attached hydrogens (primary N) is 1. The molecule has 3 aromatic rings. The summed E-state index contributed by atoms with van der Waals surface area (Å²) in [7, 11) is 0. The van der Waals surface area contributed by atoms with Crippen LogP contribution in [0.3, 0.4) is 0 Å². The quantitative estimate of drug-likeness (QED) is 0.748. The second kappa shape index (κ2) is 7.92. The molecule has 0 bridgehead atoms. The lowest BCUT2D eigenvalue weighted by Crippen LogP contribution is -2.24. The Morgan fingerprint density at radius 1 is 1.16 bits per heavy atom. The number of benzene rings is 2. The summed E-state index contributed by atoms with van der Waals surface area (Å²) in [5.74, 6) is 0.447. The van der Waals surface area contributed by atoms with Crippen LogP contribution in [0.1, 0.15) is 11.1 Å². The number of ether oxygens (including phenoxy) is 1. The molecule has 0 unspecified atom stereocenters. The van der Waals surface area contributed by atoms with Crippen LogP contribution in [0.25, 0.3) is 17.0 Å². The third-order valence-corrected chi connectivity index (χ3v) is 3.58. The van der Waals surface area contributed by atoms with E-state index in [2.05, 4.69) is 15.3 Å². The molecule has 0 saturated heterocycles. The molecule has 25 heavy (non-hydrogen) atoms. The highest BCUT2D eigenvalue weighted by Crippen LogP contribution is 2.18. The van der Waals surface area contributed by atoms with Gasteiger partial charge in [-0.15, -0.1) is 0 Å². The van der Waals surface area contributed by atoms with Crippen LogP contribution in [0, 0.1) is 0 Å². The van der Waals surface area contributed by atoms with Gasteiger partial charge in [0.1, 0.15) is 18.8 Å². The van der Waals surface area contributed by atoms with Crippen LogP contribution < -0.4 is 11.1 Å². The van der Waals surface area contributed by atoms with Crippen LogP contribution >= 0.6 is 0 Å². The van der Waals surface area contributed by atoms with E-state index in [0.717, 1.165) is 22.0 Å². The molecule has 0 atom stereocenters. The Balaban J connectivity index is 1.50. The van der Waals surface area contributed by atoms with E-state index < -0.39 is 6.09 Å². The minimum absolute atomic E-state index is 0.250. The van der Waals surface area contributed by atoms with Crippen molar-refractivity contribution < 1.29 is 9.53 Å². The summed E-state index contributed by atoms with van der Waals surface area (Å²) in [5, 5.41) is 3.48. The molecule has 3 rings (SSSR count). The van der Waals surface area contributed by atoms with Crippen molar-refractivity contribution in [2.45, 2.75) is 6.61 Å². The number of nitrogens with zero attached hydrogens (tertiary/aromatic N) is 2. The number of nitrogen functional groups attached to an aromatic ring is 1. The van der Waals surface area contributed by atoms with E-state index in [-0.39, 0.29) is 6.61 Å². The number of carbonyl (C=O) groups is 1. The van der Waals surface area contributed by atoms with Gasteiger partial charge in [0.05, 0.1) is 5.52 Å². The molecule has 0 aliphatic rings. The monoisotopic (exact) mass is 334 g/mol. The lowest BCUT2D eigenvalue weighted by Gasteiger charge is -2.05. The summed E-state index contributed by atoms with van der Waals surface area (Å²) in [6.45, 7) is 0.618. The fraction of sp³-hybridized carbons (Fsp3) is 0.105. The molecule has 0 saturated carbocycles. The largest absolute Gasteiger partial charge is 0.445 e. The highest BCUT2D eigenvalue weighted by Gasteiger charge is 2.01. The van der Waals surface area contributed by atoms with Crippen molar-refractivity contribution in [2.75, 3.05) is 12.3 Å². The van der Waals surface area contributed by atoms with Crippen molar-refractivity contribution in [3.8, 4) is 0 Å². The third-order valence-electron chi connectivity index (χ3n) is 3.58. The van der Waals surface area contributed by atoms with E-state index >= 15 is 0 Å². The molecular formula is C19H18N4O2. The fourth-order valence-corrected chi connectivity index (χ4v) is 2.31. The van der Waals surface area contributed by atoms with Gasteiger partial charge in [0.25, 0.3) is 0 Å². The molecule has 6 heteroatoms. The van der Waals surface area contributed by atoms with E-state index in [1.54, 1.807) is 0 Å². The molecule has 3 N–H and O–H groups in total. The zero-order valence-corrected chi connectivity index (χ0v) is 13.6. The first-order valence-corrected chi connectivity index (χ1v) is 7.84. The number of anilines is 1. The van der Waals surface area contributed by atoms with E-state index in [1.165, 1.54) is 6.33 Å². The lowest BCUT2D eigenvalue weighted by molar-refractivity contribution is 0.141. The van der Waals surface area contributed by atoms with Gasteiger partial charge in [0.2, 0.25) is 0 Å². The molecule has 1 aromatic heterocycles. The first-order valence-electron chi connectivity index (χ1n) is 7.84. The molecule has 0 fully saturated rings. The van der Waals surface area contributed by atoms with E-state index in [0.29, 0.717) is 12.4 Å². The van der Waals surface area contributed by atoms with Gasteiger partial charge < -0.3 is 15.8 Å². The number of hydrogen-bond acceptors (Lipinski definition) is 5. The van der Waals surface area contributed by atoms with Crippen LogP contribution in [0.2, 0.25) is 0 Å². The number of alkyl carbamates (subject to hydrolysis) is 1. The van der Waals surface area contributed by atoms with Crippen molar-refractivity contribution in [2.24, 2.45) is 0 Å². The van der Waals surface area contributed by atoms with Gasteiger partial charge in [-0.2, -0.15) is 0 Å². The van der Waals surface area contributed by atoms with Gasteiger partial charge >= 0.3 is 6.09 Å². The average Bonchev–Trinajstić information content (AvgIpc) is 2.65. The number of hydrogen-bond donors (Lipinski definition) is 2. The zero-order valence-electron chi connectivity index (χ0n) is 13.6. The normalized spacial score (nSPS) is 10.9. The average molecular weight is 334 g/mol. The number of fused-ring (bicyclic) bond motifs is 1. The molecule has 0 spiro atoms. The van der Waals surface area contributed by atoms with E-state index in [4.69, 9.17) is 10.5 Å². The summed E-state index contributed by atoms with van der Waals surface area (Å²) in [5.41, 5.74) is 8.55. The number of carbonyl (C=O) groups excluding carboxylic acids is 1. The van der Waals surface area contributed by atoms with Crippen LogP contribution in [0.5, 0.6) is 0 Å². The van der Waals surface area contributed by atoms with Crippen molar-refractivity contribution in [3.05, 3.63) is 72.1 Å². The van der Waals surface area contributed by atoms with Gasteiger partial charge in [-0.05, 0) is 23.3 Å². The standard InChI is InChI=1S/C19H18N4O2/c20-18-16-11-14(8-9-17(16)22-13-23-18)7-4-10-21-19(24)25-12-15-5-2-1-3-6-15/h1-9,11,13H,10,12H2,(H,21,24)(H2,20,22,23). The van der Waals surface area contributed by atoms with Gasteiger partial charge in [-0.3, -0.25) is 0 Å². The summed E-state index contributed by atoms with van der Waals surface area (Å²) < 4.78 is 5.14. The SMILES string of the molecule is Nc1ncnc2ccc(C=CCNC(=O)OCc3ccccc3)cc12. The molecule has 1 amide bonds.